The van der Waals surface area contributed by atoms with E-state index in [9.17, 15) is 19.4 Å². The van der Waals surface area contributed by atoms with Crippen LogP contribution in [0.2, 0.25) is 0 Å². The van der Waals surface area contributed by atoms with Crippen LogP contribution in [0.5, 0.6) is 0 Å². The number of amides is 1. The third-order valence-electron chi connectivity index (χ3n) is 15.3. The predicted molar refractivity (Wildman–Crippen MR) is 353 cm³/mol. The van der Waals surface area contributed by atoms with E-state index >= 15 is 0 Å². The first kappa shape index (κ1) is 78.7. The number of unbranched alkanes of at least 4 members (excludes halogenated alkanes) is 38. The molecule has 0 heterocycles. The van der Waals surface area contributed by atoms with Crippen LogP contribution in [0.3, 0.4) is 0 Å². The summed E-state index contributed by atoms with van der Waals surface area (Å²) >= 11 is 0. The van der Waals surface area contributed by atoms with Crippen molar-refractivity contribution in [2.75, 3.05) is 40.9 Å². The molecule has 0 saturated heterocycles. The Labute approximate surface area is 503 Å². The van der Waals surface area contributed by atoms with Gasteiger partial charge < -0.3 is 28.8 Å². The second-order valence-electron chi connectivity index (χ2n) is 24.5. The van der Waals surface area contributed by atoms with Gasteiger partial charge in [0.1, 0.15) is 13.2 Å². The van der Waals surface area contributed by atoms with E-state index < -0.39 is 26.6 Å². The molecule has 0 aromatic carbocycles. The van der Waals surface area contributed by atoms with Gasteiger partial charge in [-0.1, -0.05) is 311 Å². The number of hydrogen-bond donors (Lipinski definition) is 2. The van der Waals surface area contributed by atoms with E-state index in [0.717, 1.165) is 70.6 Å². The second kappa shape index (κ2) is 62.2. The fourth-order valence-electron chi connectivity index (χ4n) is 10.0. The molecule has 3 unspecified atom stereocenters. The minimum absolute atomic E-state index is 0.0102. The molecule has 0 aliphatic carbocycles. The van der Waals surface area contributed by atoms with E-state index in [1.807, 2.05) is 27.2 Å². The maximum Gasteiger partial charge on any atom is 0.268 e. The molecule has 0 spiro atoms. The lowest BCUT2D eigenvalue weighted by atomic mass is 10.0. The summed E-state index contributed by atoms with van der Waals surface area (Å²) in [5.74, 6) is -0.208. The summed E-state index contributed by atoms with van der Waals surface area (Å²) in [6.45, 7) is 4.54. The highest BCUT2D eigenvalue weighted by Gasteiger charge is 2.23. The second-order valence-corrected chi connectivity index (χ2v) is 25.9. The number of hydrogen-bond acceptors (Lipinski definition) is 6. The summed E-state index contributed by atoms with van der Waals surface area (Å²) < 4.78 is 23.4. The molecule has 0 radical (unpaired) electrons. The van der Waals surface area contributed by atoms with E-state index in [-0.39, 0.29) is 12.5 Å². The Morgan fingerprint density at radius 3 is 1.15 bits per heavy atom. The number of quaternary nitrogens is 1. The minimum atomic E-state index is -4.62. The molecule has 0 fully saturated rings. The summed E-state index contributed by atoms with van der Waals surface area (Å²) in [6, 6.07) is -0.914. The van der Waals surface area contributed by atoms with Crippen molar-refractivity contribution in [3.05, 3.63) is 85.1 Å². The van der Waals surface area contributed by atoms with Crippen LogP contribution in [0, 0.1) is 0 Å². The molecule has 472 valence electrons. The molecule has 0 saturated carbocycles. The largest absolute Gasteiger partial charge is 0.756 e. The zero-order valence-electron chi connectivity index (χ0n) is 54.0. The van der Waals surface area contributed by atoms with Crippen LogP contribution in [-0.2, 0) is 18.4 Å². The quantitative estimate of drug-likeness (QED) is 0.0272. The van der Waals surface area contributed by atoms with E-state index in [1.165, 1.54) is 225 Å². The van der Waals surface area contributed by atoms with Crippen molar-refractivity contribution in [2.45, 2.75) is 328 Å². The number of allylic oxidation sites excluding steroid dienone is 13. The molecule has 0 bridgehead atoms. The van der Waals surface area contributed by atoms with Gasteiger partial charge in [0.25, 0.3) is 7.82 Å². The van der Waals surface area contributed by atoms with Gasteiger partial charge in [-0.2, -0.15) is 0 Å². The van der Waals surface area contributed by atoms with Gasteiger partial charge in [-0.15, -0.1) is 0 Å². The van der Waals surface area contributed by atoms with Gasteiger partial charge in [-0.3, -0.25) is 9.36 Å². The van der Waals surface area contributed by atoms with Crippen LogP contribution in [0.4, 0.5) is 0 Å². The van der Waals surface area contributed by atoms with Gasteiger partial charge in [0.05, 0.1) is 39.9 Å². The minimum Gasteiger partial charge on any atom is -0.756 e. The van der Waals surface area contributed by atoms with Gasteiger partial charge >= 0.3 is 0 Å². The number of rotatable bonds is 63. The lowest BCUT2D eigenvalue weighted by molar-refractivity contribution is -0.870. The molecule has 8 nitrogen and oxygen atoms in total. The Hall–Kier alpha value is -2.32. The number of nitrogens with one attached hydrogen (secondary N) is 1. The molecule has 1 amide bonds. The zero-order valence-corrected chi connectivity index (χ0v) is 54.9. The molecule has 0 aromatic heterocycles. The van der Waals surface area contributed by atoms with E-state index in [1.54, 1.807) is 6.08 Å². The molecular weight excluding hydrogens is 1020 g/mol. The third-order valence-corrected chi connectivity index (χ3v) is 16.3. The molecule has 0 rings (SSSR count). The lowest BCUT2D eigenvalue weighted by Crippen LogP contribution is -2.45. The van der Waals surface area contributed by atoms with Gasteiger partial charge in [0.2, 0.25) is 5.91 Å². The first-order chi connectivity index (χ1) is 39.5. The average Bonchev–Trinajstić information content (AvgIpc) is 3.43. The van der Waals surface area contributed by atoms with Gasteiger partial charge in [-0.05, 0) is 83.5 Å². The van der Waals surface area contributed by atoms with Gasteiger partial charge in [-0.25, -0.2) is 0 Å². The summed E-state index contributed by atoms with van der Waals surface area (Å²) in [5.41, 5.74) is 0. The lowest BCUT2D eigenvalue weighted by Gasteiger charge is -2.29. The smallest absolute Gasteiger partial charge is 0.268 e. The maximum atomic E-state index is 13.0. The van der Waals surface area contributed by atoms with Crippen molar-refractivity contribution in [1.82, 2.24) is 5.32 Å². The zero-order chi connectivity index (χ0) is 59.1. The molecule has 0 aliphatic heterocycles. The number of phosphoric acid groups is 1. The van der Waals surface area contributed by atoms with Crippen LogP contribution >= 0.6 is 7.82 Å². The van der Waals surface area contributed by atoms with Crippen LogP contribution < -0.4 is 10.2 Å². The van der Waals surface area contributed by atoms with Crippen molar-refractivity contribution >= 4 is 13.7 Å². The topological polar surface area (TPSA) is 108 Å². The summed E-state index contributed by atoms with van der Waals surface area (Å²) in [7, 11) is 1.24. The normalized spacial score (nSPS) is 14.2. The SMILES string of the molecule is CC/C=C\C/C=C\C/C=C\C/C=C\CCCCCCCCCCCCCCCCCCCCCCC(=O)NC(COP(=O)([O-])OCC[N+](C)(C)C)C(O)/C=C/CC/C=C/CC/C=C/CCCCCCCCCCCCCCCCCC. The molecule has 81 heavy (non-hydrogen) atoms. The van der Waals surface area contributed by atoms with Gasteiger partial charge in [0.15, 0.2) is 0 Å². The fraction of sp³-hybridized carbons (Fsp3) is 0.792. The van der Waals surface area contributed by atoms with Crippen LogP contribution in [0.25, 0.3) is 0 Å². The number of carbonyl (C=O) groups is 1. The van der Waals surface area contributed by atoms with E-state index in [4.69, 9.17) is 9.05 Å². The Kier molecular flexibility index (Phi) is 60.4. The van der Waals surface area contributed by atoms with Crippen molar-refractivity contribution in [3.8, 4) is 0 Å². The molecule has 0 aromatic rings. The van der Waals surface area contributed by atoms with Crippen molar-refractivity contribution in [3.63, 3.8) is 0 Å². The highest BCUT2D eigenvalue weighted by molar-refractivity contribution is 7.45. The standard InChI is InChI=1S/C72H133N2O6P/c1-6-8-10-12-14-16-18-20-22-24-26-28-30-32-34-35-36-37-38-39-40-42-44-46-48-50-52-54-56-58-60-62-64-66-72(76)73-70(69-80-81(77,78)79-68-67-74(3,4)5)71(75)65-63-61-59-57-55-53-51-49-47-45-43-41-33-31-29-27-25-23-21-19-17-15-13-11-9-7-2/h8,10,14,16,20,22,26,28,47,49,55,57,63,65,70-71,75H,6-7,9,11-13,15,17-19,21,23-25,27,29-46,48,50-54,56,58-62,64,66-69H2,1-5H3,(H-,73,76,77,78)/b10-8-,16-14-,22-20-,28-26-,49-47+,57-55+,65-63+. The summed E-state index contributed by atoms with van der Waals surface area (Å²) in [6.07, 6.45) is 88.5. The van der Waals surface area contributed by atoms with Crippen molar-refractivity contribution in [2.24, 2.45) is 0 Å². The fourth-order valence-corrected chi connectivity index (χ4v) is 10.7. The van der Waals surface area contributed by atoms with Crippen molar-refractivity contribution < 1.29 is 32.9 Å². The summed E-state index contributed by atoms with van der Waals surface area (Å²) in [5, 5.41) is 13.9. The Morgan fingerprint density at radius 2 is 0.765 bits per heavy atom. The monoisotopic (exact) mass is 1150 g/mol. The predicted octanol–water partition coefficient (Wildman–Crippen LogP) is 21.3. The Morgan fingerprint density at radius 1 is 0.444 bits per heavy atom. The number of carbonyl (C=O) groups excluding carboxylic acids is 1. The first-order valence-electron chi connectivity index (χ1n) is 34.4. The number of nitrogens with zero attached hydrogens (tertiary/aromatic N) is 1. The first-order valence-corrected chi connectivity index (χ1v) is 35.9. The highest BCUT2D eigenvalue weighted by atomic mass is 31.2. The average molecular weight is 1150 g/mol. The maximum absolute atomic E-state index is 13.0. The van der Waals surface area contributed by atoms with Crippen molar-refractivity contribution in [1.29, 1.82) is 0 Å². The number of aliphatic hydroxyl groups is 1. The molecule has 0 aliphatic rings. The highest BCUT2D eigenvalue weighted by Crippen LogP contribution is 2.38. The van der Waals surface area contributed by atoms with Crippen LogP contribution in [-0.4, -0.2) is 68.5 Å². The Bertz CT molecular complexity index is 1600. The van der Waals surface area contributed by atoms with Crippen LogP contribution in [0.15, 0.2) is 85.1 Å². The number of phosphoric ester groups is 1. The van der Waals surface area contributed by atoms with E-state index in [2.05, 4.69) is 92.1 Å². The number of likely N-dealkylation sites (N-methyl/N-ethyl adjacent to an activating group) is 1. The Balaban J connectivity index is 4.11. The number of aliphatic hydroxyl groups excluding tert-OH is 1. The van der Waals surface area contributed by atoms with Crippen LogP contribution in [0.1, 0.15) is 316 Å². The molecular formula is C72H133N2O6P. The van der Waals surface area contributed by atoms with E-state index in [0.29, 0.717) is 17.4 Å². The third kappa shape index (κ3) is 65.1. The van der Waals surface area contributed by atoms with Gasteiger partial charge in [0, 0.05) is 6.42 Å². The summed E-state index contributed by atoms with van der Waals surface area (Å²) in [4.78, 5) is 25.6. The molecule has 9 heteroatoms. The molecule has 2 N–H and O–H groups in total. The molecule has 3 atom stereocenters.